The van der Waals surface area contributed by atoms with E-state index in [0.29, 0.717) is 0 Å². The molecule has 0 aliphatic carbocycles. The molecule has 0 radical (unpaired) electrons. The average Bonchev–Trinajstić information content (AvgIpc) is 2.44. The van der Waals surface area contributed by atoms with Crippen molar-refractivity contribution < 1.29 is 8.85 Å². The molecule has 0 fully saturated rings. The molecule has 0 heterocycles. The molecule has 2 nitrogen and oxygen atoms in total. The molecule has 1 rings (SSSR count). The molecule has 0 unspecified atom stereocenters. The third kappa shape index (κ3) is 5.77. The smallest absolute Gasteiger partial charge is 0.265 e. The molecule has 1 aromatic carbocycles. The average molecular weight is 303 g/mol. The Kier molecular flexibility index (Phi) is 5.79. The van der Waals surface area contributed by atoms with E-state index in [2.05, 4.69) is 49.1 Å². The van der Waals surface area contributed by atoms with Gasteiger partial charge in [0.15, 0.2) is 0 Å². The topological polar surface area (TPSA) is 18.5 Å². The molecule has 0 amide bonds. The first-order valence-electron chi connectivity index (χ1n) is 6.55. The Labute approximate surface area is 124 Å². The normalized spacial score (nSPS) is 11.1. The van der Waals surface area contributed by atoms with Crippen molar-refractivity contribution >= 4 is 16.6 Å². The van der Waals surface area contributed by atoms with E-state index in [9.17, 15) is 0 Å². The summed E-state index contributed by atoms with van der Waals surface area (Å²) in [6.45, 7) is 8.32. The molecule has 0 saturated carbocycles. The number of hydrogen-bond donors (Lipinski definition) is 0. The first-order valence-corrected chi connectivity index (χ1v) is 12.4. The van der Waals surface area contributed by atoms with Crippen molar-refractivity contribution in [3.05, 3.63) is 35.4 Å². The van der Waals surface area contributed by atoms with Gasteiger partial charge in [-0.25, -0.2) is 0 Å². The summed E-state index contributed by atoms with van der Waals surface area (Å²) in [4.78, 5) is 0. The van der Waals surface area contributed by atoms with E-state index in [-0.39, 0.29) is 0 Å². The van der Waals surface area contributed by atoms with Crippen molar-refractivity contribution in [2.75, 3.05) is 14.2 Å². The monoisotopic (exact) mass is 302 g/mol. The van der Waals surface area contributed by atoms with Crippen molar-refractivity contribution in [1.29, 1.82) is 0 Å². The van der Waals surface area contributed by atoms with Crippen molar-refractivity contribution in [3.8, 4) is 22.9 Å². The number of hydrogen-bond acceptors (Lipinski definition) is 2. The lowest BCUT2D eigenvalue weighted by atomic mass is 10.1. The summed E-state index contributed by atoms with van der Waals surface area (Å²) in [5.74, 6) is 6.37. The van der Waals surface area contributed by atoms with Crippen molar-refractivity contribution in [3.63, 3.8) is 0 Å². The fourth-order valence-corrected chi connectivity index (χ4v) is 2.32. The number of rotatable bonds is 2. The molecule has 0 aliphatic rings. The van der Waals surface area contributed by atoms with E-state index < -0.39 is 16.6 Å². The van der Waals surface area contributed by atoms with Gasteiger partial charge < -0.3 is 8.85 Å². The van der Waals surface area contributed by atoms with Crippen LogP contribution in [0.15, 0.2) is 24.3 Å². The summed E-state index contributed by atoms with van der Waals surface area (Å²) in [5.41, 5.74) is 8.43. The fourth-order valence-electron chi connectivity index (χ4n) is 1.22. The quantitative estimate of drug-likeness (QED) is 0.617. The first kappa shape index (κ1) is 16.7. The van der Waals surface area contributed by atoms with E-state index in [4.69, 9.17) is 8.85 Å². The van der Waals surface area contributed by atoms with Crippen molar-refractivity contribution in [2.45, 2.75) is 26.2 Å². The van der Waals surface area contributed by atoms with Crippen LogP contribution in [0.1, 0.15) is 11.1 Å². The van der Waals surface area contributed by atoms with Gasteiger partial charge in [-0.15, -0.1) is 0 Å². The van der Waals surface area contributed by atoms with E-state index in [1.807, 2.05) is 24.3 Å². The summed E-state index contributed by atoms with van der Waals surface area (Å²) in [6, 6.07) is 7.99. The van der Waals surface area contributed by atoms with Crippen LogP contribution in [-0.2, 0) is 8.85 Å². The molecule has 0 bridgehead atoms. The number of benzene rings is 1. The van der Waals surface area contributed by atoms with Crippen LogP contribution < -0.4 is 0 Å². The summed E-state index contributed by atoms with van der Waals surface area (Å²) < 4.78 is 10.8. The van der Waals surface area contributed by atoms with Gasteiger partial charge in [0.2, 0.25) is 0 Å². The zero-order valence-electron chi connectivity index (χ0n) is 13.1. The molecule has 0 saturated heterocycles. The second kappa shape index (κ2) is 6.92. The lowest BCUT2D eigenvalue weighted by molar-refractivity contribution is 0.417. The summed E-state index contributed by atoms with van der Waals surface area (Å²) in [5, 5.41) is 0. The van der Waals surface area contributed by atoms with Gasteiger partial charge in [-0.2, -0.15) is 0 Å². The van der Waals surface area contributed by atoms with Crippen LogP contribution in [0, 0.1) is 22.9 Å². The molecule has 106 valence electrons. The van der Waals surface area contributed by atoms with E-state index in [0.717, 1.165) is 11.1 Å². The standard InChI is InChI=1S/C16H22O2Si2/c1-17-19(3,4)12-10-15-8-7-9-16(14-15)11-13-20(5,6)18-2/h7-9,14H,1-6H3. The van der Waals surface area contributed by atoms with Crippen LogP contribution in [0.2, 0.25) is 26.2 Å². The zero-order chi connectivity index (χ0) is 15.2. The third-order valence-corrected chi connectivity index (χ3v) is 6.39. The third-order valence-electron chi connectivity index (χ3n) is 2.90. The minimum absolute atomic E-state index is 0.978. The molecular formula is C16H22O2Si2. The largest absolute Gasteiger partial charge is 0.409 e. The van der Waals surface area contributed by atoms with Gasteiger partial charge in [-0.1, -0.05) is 29.0 Å². The van der Waals surface area contributed by atoms with Crippen molar-refractivity contribution in [2.24, 2.45) is 0 Å². The van der Waals surface area contributed by atoms with Gasteiger partial charge in [0.1, 0.15) is 0 Å². The molecule has 0 spiro atoms. The second-order valence-electron chi connectivity index (χ2n) is 5.51. The molecule has 4 heteroatoms. The van der Waals surface area contributed by atoms with E-state index >= 15 is 0 Å². The fraction of sp³-hybridized carbons (Fsp3) is 0.375. The minimum atomic E-state index is -1.84. The van der Waals surface area contributed by atoms with Gasteiger partial charge in [0.05, 0.1) is 0 Å². The van der Waals surface area contributed by atoms with Crippen LogP contribution in [0.25, 0.3) is 0 Å². The van der Waals surface area contributed by atoms with E-state index in [1.54, 1.807) is 14.2 Å². The highest BCUT2D eigenvalue weighted by atomic mass is 28.4. The van der Waals surface area contributed by atoms with Crippen LogP contribution in [0.4, 0.5) is 0 Å². The Hall–Kier alpha value is -1.31. The van der Waals surface area contributed by atoms with E-state index in [1.165, 1.54) is 0 Å². The van der Waals surface area contributed by atoms with Gasteiger partial charge >= 0.3 is 0 Å². The Morgan fingerprint density at radius 3 is 1.55 bits per heavy atom. The predicted molar refractivity (Wildman–Crippen MR) is 89.2 cm³/mol. The lowest BCUT2D eigenvalue weighted by Gasteiger charge is -2.10. The lowest BCUT2D eigenvalue weighted by Crippen LogP contribution is -2.26. The zero-order valence-corrected chi connectivity index (χ0v) is 15.1. The predicted octanol–water partition coefficient (Wildman–Crippen LogP) is 3.17. The van der Waals surface area contributed by atoms with Gasteiger partial charge in [-0.3, -0.25) is 0 Å². The van der Waals surface area contributed by atoms with Gasteiger partial charge in [0.25, 0.3) is 16.6 Å². The molecule has 1 aromatic rings. The summed E-state index contributed by atoms with van der Waals surface area (Å²) >= 11 is 0. The Morgan fingerprint density at radius 1 is 0.800 bits per heavy atom. The van der Waals surface area contributed by atoms with Crippen LogP contribution in [-0.4, -0.2) is 30.9 Å². The molecule has 0 aromatic heterocycles. The van der Waals surface area contributed by atoms with Crippen LogP contribution in [0.3, 0.4) is 0 Å². The Bertz CT molecular complexity index is 534. The minimum Gasteiger partial charge on any atom is -0.409 e. The molecular weight excluding hydrogens is 280 g/mol. The molecule has 0 atom stereocenters. The SMILES string of the molecule is CO[Si](C)(C)C#Cc1cccc(C#C[Si](C)(C)OC)c1. The Morgan fingerprint density at radius 2 is 1.20 bits per heavy atom. The molecule has 20 heavy (non-hydrogen) atoms. The van der Waals surface area contributed by atoms with Crippen molar-refractivity contribution in [1.82, 2.24) is 0 Å². The molecule has 0 aliphatic heterocycles. The van der Waals surface area contributed by atoms with Gasteiger partial charge in [-0.05, 0) is 44.4 Å². The maximum atomic E-state index is 5.42. The summed E-state index contributed by atoms with van der Waals surface area (Å²) in [6.07, 6.45) is 0. The highest BCUT2D eigenvalue weighted by molar-refractivity contribution is 6.79. The second-order valence-corrected chi connectivity index (χ2v) is 12.9. The first-order chi connectivity index (χ1) is 9.28. The van der Waals surface area contributed by atoms with Crippen LogP contribution >= 0.6 is 0 Å². The van der Waals surface area contributed by atoms with Gasteiger partial charge in [0, 0.05) is 25.3 Å². The highest BCUT2D eigenvalue weighted by Crippen LogP contribution is 2.06. The summed E-state index contributed by atoms with van der Waals surface area (Å²) in [7, 11) is -0.239. The maximum Gasteiger partial charge on any atom is 0.265 e. The molecule has 0 N–H and O–H groups in total. The highest BCUT2D eigenvalue weighted by Gasteiger charge is 2.17. The Balaban J connectivity index is 2.98. The maximum absolute atomic E-state index is 5.42. The van der Waals surface area contributed by atoms with Crippen LogP contribution in [0.5, 0.6) is 0 Å².